The summed E-state index contributed by atoms with van der Waals surface area (Å²) in [6.45, 7) is 1.71. The lowest BCUT2D eigenvalue weighted by molar-refractivity contribution is -0.0299. The van der Waals surface area contributed by atoms with E-state index in [0.29, 0.717) is 23.3 Å². The second-order valence-corrected chi connectivity index (χ2v) is 7.62. The van der Waals surface area contributed by atoms with E-state index in [0.717, 1.165) is 16.2 Å². The van der Waals surface area contributed by atoms with Gasteiger partial charge in [0.1, 0.15) is 29.1 Å². The molecule has 4 atom stereocenters. The molecule has 1 aliphatic heterocycles. The van der Waals surface area contributed by atoms with Gasteiger partial charge in [0.25, 0.3) is 0 Å². The Morgan fingerprint density at radius 2 is 1.89 bits per heavy atom. The summed E-state index contributed by atoms with van der Waals surface area (Å²) in [5, 5.41) is 29.7. The molecule has 0 unspecified atom stereocenters. The molecular formula is C19H19N5O3S. The van der Waals surface area contributed by atoms with Crippen molar-refractivity contribution in [1.82, 2.24) is 19.5 Å². The molecule has 3 heterocycles. The Bertz CT molecular complexity index is 1020. The van der Waals surface area contributed by atoms with E-state index in [2.05, 4.69) is 21.0 Å². The van der Waals surface area contributed by atoms with Gasteiger partial charge in [0.2, 0.25) is 0 Å². The van der Waals surface area contributed by atoms with Crippen LogP contribution in [0, 0.1) is 11.3 Å². The molecule has 4 rings (SSSR count). The van der Waals surface area contributed by atoms with Crippen molar-refractivity contribution in [2.24, 2.45) is 0 Å². The molecule has 8 nitrogen and oxygen atoms in total. The number of nitriles is 1. The fourth-order valence-electron chi connectivity index (χ4n) is 3.18. The normalized spacial score (nSPS) is 24.5. The fraction of sp³-hybridized carbons (Fsp3) is 0.368. The molecule has 0 radical (unpaired) electrons. The predicted molar refractivity (Wildman–Crippen MR) is 102 cm³/mol. The van der Waals surface area contributed by atoms with E-state index >= 15 is 0 Å². The zero-order valence-electron chi connectivity index (χ0n) is 15.1. The Balaban J connectivity index is 1.54. The topological polar surface area (TPSA) is 117 Å². The summed E-state index contributed by atoms with van der Waals surface area (Å²) >= 11 is 1.54. The Morgan fingerprint density at radius 3 is 2.57 bits per heavy atom. The third kappa shape index (κ3) is 3.47. The molecule has 0 aliphatic carbocycles. The number of hydrogen-bond donors (Lipinski definition) is 2. The van der Waals surface area contributed by atoms with Crippen LogP contribution in [-0.4, -0.2) is 48.0 Å². The summed E-state index contributed by atoms with van der Waals surface area (Å²) < 4.78 is 7.31. The Morgan fingerprint density at radius 1 is 1.14 bits per heavy atom. The zero-order chi connectivity index (χ0) is 19.7. The van der Waals surface area contributed by atoms with Crippen LogP contribution >= 0.6 is 11.8 Å². The van der Waals surface area contributed by atoms with E-state index in [1.54, 1.807) is 17.8 Å². The maximum Gasteiger partial charge on any atom is 0.166 e. The largest absolute Gasteiger partial charge is 0.388 e. The van der Waals surface area contributed by atoms with E-state index in [1.807, 2.05) is 24.3 Å². The summed E-state index contributed by atoms with van der Waals surface area (Å²) in [4.78, 5) is 13.0. The summed E-state index contributed by atoms with van der Waals surface area (Å²) in [5.41, 5.74) is 3.28. The summed E-state index contributed by atoms with van der Waals surface area (Å²) in [6.07, 6.45) is 0.193. The number of benzene rings is 1. The van der Waals surface area contributed by atoms with Crippen molar-refractivity contribution in [2.75, 3.05) is 0 Å². The minimum atomic E-state index is -1.05. The quantitative estimate of drug-likeness (QED) is 0.495. The smallest absolute Gasteiger partial charge is 0.166 e. The molecule has 1 aliphatic rings. The third-order valence-corrected chi connectivity index (χ3v) is 5.81. The predicted octanol–water partition coefficient (Wildman–Crippen LogP) is 1.82. The number of fused-ring (bicyclic) bond motifs is 1. The van der Waals surface area contributed by atoms with Gasteiger partial charge in [-0.3, -0.25) is 4.57 Å². The highest BCUT2D eigenvalue weighted by atomic mass is 32.2. The van der Waals surface area contributed by atoms with Gasteiger partial charge in [0.05, 0.1) is 24.9 Å². The second-order valence-electron chi connectivity index (χ2n) is 6.66. The van der Waals surface area contributed by atoms with Crippen molar-refractivity contribution >= 4 is 22.9 Å². The van der Waals surface area contributed by atoms with E-state index in [1.165, 1.54) is 18.1 Å². The van der Waals surface area contributed by atoms with Crippen LogP contribution < -0.4 is 0 Å². The number of aliphatic hydroxyl groups excluding tert-OH is 2. The van der Waals surface area contributed by atoms with Crippen molar-refractivity contribution < 1.29 is 14.9 Å². The Labute approximate surface area is 165 Å². The van der Waals surface area contributed by atoms with Crippen LogP contribution in [0.15, 0.2) is 41.9 Å². The van der Waals surface area contributed by atoms with Gasteiger partial charge in [-0.15, -0.1) is 0 Å². The van der Waals surface area contributed by atoms with Crippen LogP contribution in [0.3, 0.4) is 0 Å². The molecule has 0 spiro atoms. The Hall–Kier alpha value is -2.51. The van der Waals surface area contributed by atoms with Gasteiger partial charge in [-0.25, -0.2) is 15.0 Å². The number of imidazole rings is 1. The monoisotopic (exact) mass is 397 g/mol. The molecule has 3 aromatic rings. The second kappa shape index (κ2) is 7.85. The van der Waals surface area contributed by atoms with Crippen molar-refractivity contribution in [2.45, 2.75) is 48.7 Å². The number of aliphatic hydroxyl groups is 2. The van der Waals surface area contributed by atoms with E-state index < -0.39 is 24.5 Å². The van der Waals surface area contributed by atoms with Crippen LogP contribution in [0.5, 0.6) is 0 Å². The highest BCUT2D eigenvalue weighted by Gasteiger charge is 2.42. The van der Waals surface area contributed by atoms with Crippen LogP contribution in [0.25, 0.3) is 11.2 Å². The molecular weight excluding hydrogens is 378 g/mol. The molecule has 1 fully saturated rings. The maximum absolute atomic E-state index is 10.2. The van der Waals surface area contributed by atoms with Gasteiger partial charge >= 0.3 is 0 Å². The number of ether oxygens (including phenoxy) is 1. The molecule has 1 aromatic carbocycles. The first kappa shape index (κ1) is 18.8. The molecule has 2 N–H and O–H groups in total. The van der Waals surface area contributed by atoms with Crippen molar-refractivity contribution in [1.29, 1.82) is 5.26 Å². The maximum atomic E-state index is 10.2. The minimum Gasteiger partial charge on any atom is -0.388 e. The molecule has 0 bridgehead atoms. The lowest BCUT2D eigenvalue weighted by Crippen LogP contribution is -2.30. The third-order valence-electron chi connectivity index (χ3n) is 4.76. The van der Waals surface area contributed by atoms with Gasteiger partial charge in [-0.1, -0.05) is 36.0 Å². The molecule has 1 saturated heterocycles. The van der Waals surface area contributed by atoms with Crippen LogP contribution in [-0.2, 0) is 16.9 Å². The lowest BCUT2D eigenvalue weighted by atomic mass is 10.1. The summed E-state index contributed by atoms with van der Waals surface area (Å²) in [7, 11) is 0. The van der Waals surface area contributed by atoms with Crippen LogP contribution in [0.2, 0.25) is 0 Å². The van der Waals surface area contributed by atoms with Crippen molar-refractivity contribution in [3.8, 4) is 6.07 Å². The summed E-state index contributed by atoms with van der Waals surface area (Å²) in [6, 6.07) is 10.0. The lowest BCUT2D eigenvalue weighted by Gasteiger charge is -2.16. The molecule has 0 saturated carbocycles. The van der Waals surface area contributed by atoms with E-state index in [9.17, 15) is 10.2 Å². The zero-order valence-corrected chi connectivity index (χ0v) is 16.0. The highest BCUT2D eigenvalue weighted by molar-refractivity contribution is 7.98. The minimum absolute atomic E-state index is 0.403. The number of aromatic nitrogens is 4. The first-order valence-corrected chi connectivity index (χ1v) is 9.83. The number of rotatable bonds is 5. The number of thioether (sulfide) groups is 1. The van der Waals surface area contributed by atoms with E-state index in [4.69, 9.17) is 10.00 Å². The highest BCUT2D eigenvalue weighted by Crippen LogP contribution is 2.33. The van der Waals surface area contributed by atoms with Crippen LogP contribution in [0.4, 0.5) is 0 Å². The first-order valence-electron chi connectivity index (χ1n) is 8.85. The molecule has 0 amide bonds. The van der Waals surface area contributed by atoms with E-state index in [-0.39, 0.29) is 0 Å². The molecule has 28 heavy (non-hydrogen) atoms. The van der Waals surface area contributed by atoms with Gasteiger partial charge in [0, 0.05) is 5.75 Å². The van der Waals surface area contributed by atoms with Gasteiger partial charge in [0.15, 0.2) is 11.9 Å². The summed E-state index contributed by atoms with van der Waals surface area (Å²) in [5.74, 6) is 0.699. The fourth-order valence-corrected chi connectivity index (χ4v) is 4.07. The molecule has 9 heteroatoms. The van der Waals surface area contributed by atoms with Gasteiger partial charge in [-0.2, -0.15) is 5.26 Å². The standard InChI is InChI=1S/C19H19N5O3S/c1-11-15(25)16(26)19(27-11)24-10-23-14-17(24)21-9-22-18(14)28-8-13-4-2-12(3-5-13)6-7-20/h2-5,9-11,15-16,19,25-26H,6,8H2,1H3/t11-,15-,16-,19-/m1/s1. The number of hydrogen-bond acceptors (Lipinski definition) is 8. The van der Waals surface area contributed by atoms with Crippen molar-refractivity contribution in [3.63, 3.8) is 0 Å². The average molecular weight is 397 g/mol. The average Bonchev–Trinajstić information content (AvgIpc) is 3.24. The SMILES string of the molecule is C[C@H]1O[C@@H](n2cnc3c(SCc4ccc(CC#N)cc4)ncnc32)[C@H](O)[C@@H]1O. The molecule has 144 valence electrons. The first-order chi connectivity index (χ1) is 13.6. The number of nitrogens with zero attached hydrogens (tertiary/aromatic N) is 5. The van der Waals surface area contributed by atoms with Gasteiger partial charge < -0.3 is 14.9 Å². The Kier molecular flexibility index (Phi) is 5.28. The van der Waals surface area contributed by atoms with Crippen LogP contribution in [0.1, 0.15) is 24.3 Å². The molecule has 2 aromatic heterocycles. The van der Waals surface area contributed by atoms with Crippen molar-refractivity contribution in [3.05, 3.63) is 48.0 Å². The van der Waals surface area contributed by atoms with Gasteiger partial charge in [-0.05, 0) is 18.1 Å².